The Morgan fingerprint density at radius 1 is 1.15 bits per heavy atom. The van der Waals surface area contributed by atoms with Gasteiger partial charge in [-0.2, -0.15) is 0 Å². The Morgan fingerprint density at radius 2 is 1.89 bits per heavy atom. The molecule has 2 amide bonds. The molecule has 27 heavy (non-hydrogen) atoms. The SMILES string of the molecule is COc1ccc(/C=C/C(=O)OCC(=O)Nc2sccc2C(N)=O)cc1OC. The number of ether oxygens (including phenoxy) is 3. The Labute approximate surface area is 159 Å². The van der Waals surface area contributed by atoms with Crippen LogP contribution in [0.4, 0.5) is 5.00 Å². The number of carbonyl (C=O) groups is 3. The first-order chi connectivity index (χ1) is 12.9. The molecule has 1 heterocycles. The van der Waals surface area contributed by atoms with Gasteiger partial charge in [0.25, 0.3) is 11.8 Å². The standard InChI is InChI=1S/C18H18N2O6S/c1-24-13-5-3-11(9-14(13)25-2)4-6-16(22)26-10-15(21)20-18-12(17(19)23)7-8-27-18/h3-9H,10H2,1-2H3,(H2,19,23)(H,20,21)/b6-4+. The largest absolute Gasteiger partial charge is 0.493 e. The van der Waals surface area contributed by atoms with E-state index in [4.69, 9.17) is 19.9 Å². The molecule has 0 atom stereocenters. The molecule has 0 saturated heterocycles. The molecule has 0 radical (unpaired) electrons. The number of nitrogens with one attached hydrogen (secondary N) is 1. The lowest BCUT2D eigenvalue weighted by molar-refractivity contribution is -0.142. The maximum Gasteiger partial charge on any atom is 0.331 e. The Morgan fingerprint density at radius 3 is 2.56 bits per heavy atom. The maximum atomic E-state index is 11.8. The van der Waals surface area contributed by atoms with Crippen LogP contribution in [-0.4, -0.2) is 38.6 Å². The monoisotopic (exact) mass is 390 g/mol. The second-order valence-corrected chi connectivity index (χ2v) is 6.05. The van der Waals surface area contributed by atoms with Crippen LogP contribution in [0, 0.1) is 0 Å². The second kappa shape index (κ2) is 9.39. The third-order valence-electron chi connectivity index (χ3n) is 3.35. The smallest absolute Gasteiger partial charge is 0.331 e. The van der Waals surface area contributed by atoms with Gasteiger partial charge >= 0.3 is 5.97 Å². The van der Waals surface area contributed by atoms with Crippen LogP contribution in [0.25, 0.3) is 6.08 Å². The first-order valence-electron chi connectivity index (χ1n) is 7.68. The van der Waals surface area contributed by atoms with Crippen LogP contribution in [0.15, 0.2) is 35.7 Å². The molecule has 1 aromatic heterocycles. The summed E-state index contributed by atoms with van der Waals surface area (Å²) in [7, 11) is 3.04. The molecule has 142 valence electrons. The minimum Gasteiger partial charge on any atom is -0.493 e. The zero-order valence-corrected chi connectivity index (χ0v) is 15.5. The highest BCUT2D eigenvalue weighted by Gasteiger charge is 2.13. The fraction of sp³-hybridized carbons (Fsp3) is 0.167. The van der Waals surface area contributed by atoms with Crippen LogP contribution in [0.1, 0.15) is 15.9 Å². The Bertz CT molecular complexity index is 874. The van der Waals surface area contributed by atoms with Gasteiger partial charge in [0.05, 0.1) is 19.8 Å². The van der Waals surface area contributed by atoms with Gasteiger partial charge in [0.1, 0.15) is 5.00 Å². The van der Waals surface area contributed by atoms with E-state index in [0.717, 1.165) is 11.3 Å². The molecule has 8 nitrogen and oxygen atoms in total. The molecular formula is C18H18N2O6S. The first kappa shape index (κ1) is 20.0. The van der Waals surface area contributed by atoms with E-state index >= 15 is 0 Å². The van der Waals surface area contributed by atoms with Gasteiger partial charge in [-0.3, -0.25) is 9.59 Å². The lowest BCUT2D eigenvalue weighted by Gasteiger charge is -2.07. The summed E-state index contributed by atoms with van der Waals surface area (Å²) >= 11 is 1.15. The molecule has 2 aromatic rings. The zero-order chi connectivity index (χ0) is 19.8. The van der Waals surface area contributed by atoms with Gasteiger partial charge in [0.15, 0.2) is 18.1 Å². The van der Waals surface area contributed by atoms with E-state index in [0.29, 0.717) is 22.1 Å². The minimum atomic E-state index is -0.693. The van der Waals surface area contributed by atoms with Crippen molar-refractivity contribution in [2.45, 2.75) is 0 Å². The van der Waals surface area contributed by atoms with E-state index in [1.165, 1.54) is 32.4 Å². The van der Waals surface area contributed by atoms with Crippen LogP contribution < -0.4 is 20.5 Å². The molecule has 9 heteroatoms. The van der Waals surface area contributed by atoms with Crippen molar-refractivity contribution in [1.29, 1.82) is 0 Å². The van der Waals surface area contributed by atoms with E-state index < -0.39 is 24.4 Å². The number of carbonyl (C=O) groups excluding carboxylic acids is 3. The molecule has 0 fully saturated rings. The molecule has 2 rings (SSSR count). The minimum absolute atomic E-state index is 0.202. The van der Waals surface area contributed by atoms with Crippen molar-refractivity contribution in [1.82, 2.24) is 0 Å². The van der Waals surface area contributed by atoms with Gasteiger partial charge in [-0.1, -0.05) is 6.07 Å². The van der Waals surface area contributed by atoms with Crippen LogP contribution in [-0.2, 0) is 14.3 Å². The Balaban J connectivity index is 1.88. The van der Waals surface area contributed by atoms with Crippen molar-refractivity contribution >= 4 is 40.2 Å². The van der Waals surface area contributed by atoms with Crippen LogP contribution in [0.2, 0.25) is 0 Å². The van der Waals surface area contributed by atoms with Gasteiger partial charge in [-0.25, -0.2) is 4.79 Å². The molecule has 0 spiro atoms. The number of methoxy groups -OCH3 is 2. The van der Waals surface area contributed by atoms with Gasteiger partial charge in [-0.05, 0) is 35.2 Å². The lowest BCUT2D eigenvalue weighted by atomic mass is 10.2. The van der Waals surface area contributed by atoms with Gasteiger partial charge in [0, 0.05) is 6.08 Å². The van der Waals surface area contributed by atoms with Crippen LogP contribution in [0.3, 0.4) is 0 Å². The summed E-state index contributed by atoms with van der Waals surface area (Å²) in [5.74, 6) is -0.832. The normalized spacial score (nSPS) is 10.4. The fourth-order valence-corrected chi connectivity index (χ4v) is 2.88. The van der Waals surface area contributed by atoms with Crippen molar-refractivity contribution in [2.75, 3.05) is 26.1 Å². The van der Waals surface area contributed by atoms with Gasteiger partial charge in [-0.15, -0.1) is 11.3 Å². The van der Waals surface area contributed by atoms with Crippen molar-refractivity contribution in [3.63, 3.8) is 0 Å². The molecule has 0 bridgehead atoms. The van der Waals surface area contributed by atoms with Gasteiger partial charge in [0.2, 0.25) is 0 Å². The number of hydrogen-bond donors (Lipinski definition) is 2. The highest BCUT2D eigenvalue weighted by molar-refractivity contribution is 7.14. The van der Waals surface area contributed by atoms with E-state index in [2.05, 4.69) is 5.32 Å². The number of primary amides is 1. The number of anilines is 1. The zero-order valence-electron chi connectivity index (χ0n) is 14.7. The first-order valence-corrected chi connectivity index (χ1v) is 8.56. The molecular weight excluding hydrogens is 372 g/mol. The van der Waals surface area contributed by atoms with Crippen LogP contribution in [0.5, 0.6) is 11.5 Å². The summed E-state index contributed by atoms with van der Waals surface area (Å²) in [5, 5.41) is 4.40. The summed E-state index contributed by atoms with van der Waals surface area (Å²) in [5.41, 5.74) is 6.09. The summed E-state index contributed by atoms with van der Waals surface area (Å²) < 4.78 is 15.2. The summed E-state index contributed by atoms with van der Waals surface area (Å²) in [6.45, 7) is -0.495. The maximum absolute atomic E-state index is 11.8. The molecule has 0 saturated carbocycles. The number of nitrogens with two attached hydrogens (primary N) is 1. The predicted molar refractivity (Wildman–Crippen MR) is 101 cm³/mol. The second-order valence-electron chi connectivity index (χ2n) is 5.13. The molecule has 1 aromatic carbocycles. The van der Waals surface area contributed by atoms with Crippen molar-refractivity contribution in [3.05, 3.63) is 46.8 Å². The average Bonchev–Trinajstić information content (AvgIpc) is 3.12. The third kappa shape index (κ3) is 5.58. The number of rotatable bonds is 8. The fourth-order valence-electron chi connectivity index (χ4n) is 2.07. The Hall–Kier alpha value is -3.33. The quantitative estimate of drug-likeness (QED) is 0.526. The van der Waals surface area contributed by atoms with E-state index in [9.17, 15) is 14.4 Å². The molecule has 3 N–H and O–H groups in total. The van der Waals surface area contributed by atoms with E-state index in [1.54, 1.807) is 23.6 Å². The van der Waals surface area contributed by atoms with Crippen molar-refractivity contribution < 1.29 is 28.6 Å². The molecule has 0 unspecified atom stereocenters. The third-order valence-corrected chi connectivity index (χ3v) is 4.18. The van der Waals surface area contributed by atoms with E-state index in [-0.39, 0.29) is 5.56 Å². The topological polar surface area (TPSA) is 117 Å². The highest BCUT2D eigenvalue weighted by Crippen LogP contribution is 2.28. The molecule has 0 aliphatic carbocycles. The van der Waals surface area contributed by atoms with Crippen LogP contribution >= 0.6 is 11.3 Å². The van der Waals surface area contributed by atoms with Gasteiger partial charge < -0.3 is 25.3 Å². The molecule has 0 aliphatic rings. The molecule has 0 aliphatic heterocycles. The number of thiophene rings is 1. The summed E-state index contributed by atoms with van der Waals surface area (Å²) in [4.78, 5) is 34.8. The highest BCUT2D eigenvalue weighted by atomic mass is 32.1. The number of benzene rings is 1. The van der Waals surface area contributed by atoms with Crippen molar-refractivity contribution in [3.8, 4) is 11.5 Å². The predicted octanol–water partition coefficient (Wildman–Crippen LogP) is 2.06. The summed E-state index contributed by atoms with van der Waals surface area (Å²) in [6, 6.07) is 6.63. The number of amides is 2. The summed E-state index contributed by atoms with van der Waals surface area (Å²) in [6.07, 6.45) is 2.71. The van der Waals surface area contributed by atoms with E-state index in [1.807, 2.05) is 0 Å². The Kier molecular flexibility index (Phi) is 6.95. The number of hydrogen-bond acceptors (Lipinski definition) is 7. The number of esters is 1. The lowest BCUT2D eigenvalue weighted by Crippen LogP contribution is -2.21. The average molecular weight is 390 g/mol. The van der Waals surface area contributed by atoms with Crippen molar-refractivity contribution in [2.24, 2.45) is 5.73 Å².